The maximum Gasteiger partial charge on any atom is 0.307 e. The van der Waals surface area contributed by atoms with Gasteiger partial charge >= 0.3 is 5.97 Å². The average molecular weight is 265 g/mol. The molecule has 0 unspecified atom stereocenters. The van der Waals surface area contributed by atoms with Crippen molar-refractivity contribution in [3.8, 4) is 0 Å². The van der Waals surface area contributed by atoms with Crippen LogP contribution in [0, 0.1) is 17.3 Å². The van der Waals surface area contributed by atoms with E-state index in [2.05, 4.69) is 10.4 Å². The molecule has 2 atom stereocenters. The minimum absolute atomic E-state index is 0.265. The van der Waals surface area contributed by atoms with Crippen LogP contribution in [0.1, 0.15) is 27.2 Å². The molecule has 2 N–H and O–H groups in total. The largest absolute Gasteiger partial charge is 0.481 e. The summed E-state index contributed by atoms with van der Waals surface area (Å²) in [6, 6.07) is 1.72. The van der Waals surface area contributed by atoms with Crippen molar-refractivity contribution in [1.29, 1.82) is 0 Å². The standard InChI is InChI=1S/C13H19N3O3/c1-4-6-16-7-5-8(15-16)14-11(17)9-10(12(18)19)13(9,2)3/h5,7,9-10H,4,6H2,1-3H3,(H,18,19)(H,14,15,17)/t9-,10-/m1/s1. The van der Waals surface area contributed by atoms with E-state index >= 15 is 0 Å². The second-order valence-corrected chi connectivity index (χ2v) is 5.57. The number of amides is 1. The smallest absolute Gasteiger partial charge is 0.307 e. The molecular weight excluding hydrogens is 246 g/mol. The molecule has 104 valence electrons. The van der Waals surface area contributed by atoms with Crippen LogP contribution in [0.4, 0.5) is 5.82 Å². The molecule has 6 heteroatoms. The van der Waals surface area contributed by atoms with Crippen LogP contribution in [0.25, 0.3) is 0 Å². The summed E-state index contributed by atoms with van der Waals surface area (Å²) in [5.74, 6) is -1.79. The summed E-state index contributed by atoms with van der Waals surface area (Å²) in [5, 5.41) is 15.9. The topological polar surface area (TPSA) is 84.2 Å². The third kappa shape index (κ3) is 2.47. The van der Waals surface area contributed by atoms with E-state index in [0.29, 0.717) is 5.82 Å². The monoisotopic (exact) mass is 265 g/mol. The number of carboxylic acids is 1. The van der Waals surface area contributed by atoms with Crippen molar-refractivity contribution >= 4 is 17.7 Å². The molecule has 19 heavy (non-hydrogen) atoms. The quantitative estimate of drug-likeness (QED) is 0.846. The molecule has 0 radical (unpaired) electrons. The molecule has 0 saturated heterocycles. The second-order valence-electron chi connectivity index (χ2n) is 5.57. The van der Waals surface area contributed by atoms with Gasteiger partial charge in [0.1, 0.15) is 0 Å². The molecule has 1 aliphatic carbocycles. The predicted molar refractivity (Wildman–Crippen MR) is 69.5 cm³/mol. The zero-order valence-corrected chi connectivity index (χ0v) is 11.4. The first-order chi connectivity index (χ1) is 8.87. The molecule has 0 aliphatic heterocycles. The Balaban J connectivity index is 2.00. The van der Waals surface area contributed by atoms with Gasteiger partial charge in [-0.3, -0.25) is 14.3 Å². The van der Waals surface area contributed by atoms with E-state index in [0.717, 1.165) is 13.0 Å². The highest BCUT2D eigenvalue weighted by Gasteiger charge is 2.65. The number of nitrogens with one attached hydrogen (secondary N) is 1. The van der Waals surface area contributed by atoms with Crippen molar-refractivity contribution in [2.24, 2.45) is 17.3 Å². The van der Waals surface area contributed by atoms with Crippen molar-refractivity contribution in [2.45, 2.75) is 33.7 Å². The Hall–Kier alpha value is -1.85. The first-order valence-corrected chi connectivity index (χ1v) is 6.45. The van der Waals surface area contributed by atoms with E-state index < -0.39 is 23.2 Å². The lowest BCUT2D eigenvalue weighted by atomic mass is 10.1. The highest BCUT2D eigenvalue weighted by atomic mass is 16.4. The summed E-state index contributed by atoms with van der Waals surface area (Å²) >= 11 is 0. The van der Waals surface area contributed by atoms with Gasteiger partial charge in [0, 0.05) is 18.8 Å². The lowest BCUT2D eigenvalue weighted by molar-refractivity contribution is -0.140. The van der Waals surface area contributed by atoms with Gasteiger partial charge in [-0.25, -0.2) is 0 Å². The number of hydrogen-bond acceptors (Lipinski definition) is 3. The molecule has 1 aliphatic rings. The van der Waals surface area contributed by atoms with Crippen LogP contribution in [-0.4, -0.2) is 26.8 Å². The van der Waals surface area contributed by atoms with E-state index in [-0.39, 0.29) is 5.91 Å². The van der Waals surface area contributed by atoms with Crippen LogP contribution in [-0.2, 0) is 16.1 Å². The Morgan fingerprint density at radius 3 is 2.68 bits per heavy atom. The Morgan fingerprint density at radius 2 is 2.16 bits per heavy atom. The minimum atomic E-state index is -0.915. The summed E-state index contributed by atoms with van der Waals surface area (Å²) in [6.45, 7) is 6.43. The normalized spacial score (nSPS) is 23.9. The Bertz CT molecular complexity index is 507. The zero-order chi connectivity index (χ0) is 14.2. The van der Waals surface area contributed by atoms with E-state index in [1.54, 1.807) is 30.8 Å². The molecule has 1 aromatic heterocycles. The van der Waals surface area contributed by atoms with Crippen LogP contribution < -0.4 is 5.32 Å². The lowest BCUT2D eigenvalue weighted by Gasteiger charge is -2.03. The van der Waals surface area contributed by atoms with Gasteiger partial charge in [-0.05, 0) is 11.8 Å². The number of anilines is 1. The fourth-order valence-corrected chi connectivity index (χ4v) is 2.57. The average Bonchev–Trinajstić information content (AvgIpc) is 2.65. The van der Waals surface area contributed by atoms with Gasteiger partial charge in [-0.2, -0.15) is 5.10 Å². The summed E-state index contributed by atoms with van der Waals surface area (Å²) < 4.78 is 1.75. The van der Waals surface area contributed by atoms with Gasteiger partial charge in [0.15, 0.2) is 5.82 Å². The summed E-state index contributed by atoms with van der Waals surface area (Å²) in [4.78, 5) is 23.1. The highest BCUT2D eigenvalue weighted by Crippen LogP contribution is 2.58. The Labute approximate surface area is 111 Å². The zero-order valence-electron chi connectivity index (χ0n) is 11.4. The maximum absolute atomic E-state index is 12.0. The maximum atomic E-state index is 12.0. The van der Waals surface area contributed by atoms with Crippen LogP contribution in [0.3, 0.4) is 0 Å². The number of aryl methyl sites for hydroxylation is 1. The van der Waals surface area contributed by atoms with E-state index in [1.807, 2.05) is 6.92 Å². The van der Waals surface area contributed by atoms with Crippen molar-refractivity contribution in [3.05, 3.63) is 12.3 Å². The first kappa shape index (κ1) is 13.6. The highest BCUT2D eigenvalue weighted by molar-refractivity contribution is 5.99. The van der Waals surface area contributed by atoms with Crippen LogP contribution in [0.2, 0.25) is 0 Å². The van der Waals surface area contributed by atoms with Crippen LogP contribution in [0.15, 0.2) is 12.3 Å². The van der Waals surface area contributed by atoms with Gasteiger partial charge in [0.2, 0.25) is 5.91 Å². The molecule has 6 nitrogen and oxygen atoms in total. The summed E-state index contributed by atoms with van der Waals surface area (Å²) in [7, 11) is 0. The minimum Gasteiger partial charge on any atom is -0.481 e. The summed E-state index contributed by atoms with van der Waals surface area (Å²) in [6.07, 6.45) is 2.76. The molecule has 0 bridgehead atoms. The van der Waals surface area contributed by atoms with Gasteiger partial charge in [-0.15, -0.1) is 0 Å². The lowest BCUT2D eigenvalue weighted by Crippen LogP contribution is -2.18. The molecule has 2 rings (SSSR count). The molecule has 1 aromatic rings. The molecule has 1 saturated carbocycles. The first-order valence-electron chi connectivity index (χ1n) is 6.45. The third-order valence-electron chi connectivity index (χ3n) is 3.72. The number of aromatic nitrogens is 2. The number of carboxylic acid groups (broad SMARTS) is 1. The van der Waals surface area contributed by atoms with E-state index in [1.165, 1.54) is 0 Å². The molecule has 0 spiro atoms. The SMILES string of the molecule is CCCn1ccc(NC(=O)[C@H]2[C@H](C(=O)O)C2(C)C)n1. The fraction of sp³-hybridized carbons (Fsp3) is 0.615. The van der Waals surface area contributed by atoms with Gasteiger partial charge < -0.3 is 10.4 Å². The molecule has 1 heterocycles. The van der Waals surface area contributed by atoms with E-state index in [9.17, 15) is 9.59 Å². The Morgan fingerprint density at radius 1 is 1.47 bits per heavy atom. The summed E-state index contributed by atoms with van der Waals surface area (Å²) in [5.41, 5.74) is -0.484. The predicted octanol–water partition coefficient (Wildman–Crippen LogP) is 1.59. The number of aliphatic carboxylic acids is 1. The number of hydrogen-bond donors (Lipinski definition) is 2. The Kier molecular flexibility index (Phi) is 3.34. The van der Waals surface area contributed by atoms with E-state index in [4.69, 9.17) is 5.11 Å². The number of nitrogens with zero attached hydrogens (tertiary/aromatic N) is 2. The molecule has 0 aromatic carbocycles. The van der Waals surface area contributed by atoms with Crippen molar-refractivity contribution in [1.82, 2.24) is 9.78 Å². The van der Waals surface area contributed by atoms with Gasteiger partial charge in [0.05, 0.1) is 11.8 Å². The van der Waals surface area contributed by atoms with Crippen LogP contribution >= 0.6 is 0 Å². The number of carbonyl (C=O) groups is 2. The second kappa shape index (κ2) is 4.68. The van der Waals surface area contributed by atoms with Crippen LogP contribution in [0.5, 0.6) is 0 Å². The molecule has 1 amide bonds. The van der Waals surface area contributed by atoms with Crippen molar-refractivity contribution < 1.29 is 14.7 Å². The van der Waals surface area contributed by atoms with Crippen molar-refractivity contribution in [3.63, 3.8) is 0 Å². The third-order valence-corrected chi connectivity index (χ3v) is 3.72. The molecular formula is C13H19N3O3. The van der Waals surface area contributed by atoms with Gasteiger partial charge in [-0.1, -0.05) is 20.8 Å². The van der Waals surface area contributed by atoms with Gasteiger partial charge in [0.25, 0.3) is 0 Å². The number of carbonyl (C=O) groups excluding carboxylic acids is 1. The number of rotatable bonds is 5. The van der Waals surface area contributed by atoms with Crippen molar-refractivity contribution in [2.75, 3.05) is 5.32 Å². The molecule has 1 fully saturated rings. The fourth-order valence-electron chi connectivity index (χ4n) is 2.57.